The molecule has 1 saturated heterocycles. The molecule has 1 aliphatic heterocycles. The molecule has 0 aliphatic carbocycles. The lowest BCUT2D eigenvalue weighted by molar-refractivity contribution is -0.121. The van der Waals surface area contributed by atoms with E-state index < -0.39 is 0 Å². The van der Waals surface area contributed by atoms with E-state index in [0.717, 1.165) is 35.6 Å². The van der Waals surface area contributed by atoms with Crippen LogP contribution >= 0.6 is 12.4 Å². The molecule has 1 amide bonds. The fourth-order valence-corrected chi connectivity index (χ4v) is 2.50. The largest absolute Gasteiger partial charge is 0.444 e. The smallest absolute Gasteiger partial charge is 0.227 e. The number of hydrogen-bond acceptors (Lipinski definition) is 4. The van der Waals surface area contributed by atoms with E-state index in [1.807, 2.05) is 39.0 Å². The first-order chi connectivity index (χ1) is 10.5. The molecular formula is C17H22ClN3O2. The molecule has 0 spiro atoms. The van der Waals surface area contributed by atoms with Crippen LogP contribution in [0.25, 0.3) is 11.5 Å². The molecule has 3 rings (SSSR count). The molecule has 0 radical (unpaired) electrons. The summed E-state index contributed by atoms with van der Waals surface area (Å²) < 4.78 is 5.43. The van der Waals surface area contributed by atoms with E-state index in [1.165, 1.54) is 0 Å². The van der Waals surface area contributed by atoms with E-state index in [-0.39, 0.29) is 24.2 Å². The van der Waals surface area contributed by atoms with Gasteiger partial charge in [0.2, 0.25) is 11.8 Å². The zero-order valence-electron chi connectivity index (χ0n) is 13.6. The second kappa shape index (κ2) is 7.15. The zero-order chi connectivity index (χ0) is 15.7. The second-order valence-electron chi connectivity index (χ2n) is 6.02. The summed E-state index contributed by atoms with van der Waals surface area (Å²) >= 11 is 0. The number of carbonyl (C=O) groups is 1. The van der Waals surface area contributed by atoms with Gasteiger partial charge in [0.15, 0.2) is 0 Å². The number of hydrogen-bond donors (Lipinski definition) is 2. The molecule has 1 fully saturated rings. The van der Waals surface area contributed by atoms with Crippen LogP contribution in [0.15, 0.2) is 28.9 Å². The van der Waals surface area contributed by atoms with Gasteiger partial charge in [0.25, 0.3) is 0 Å². The number of aromatic nitrogens is 1. The van der Waals surface area contributed by atoms with Gasteiger partial charge >= 0.3 is 0 Å². The predicted octanol–water partition coefficient (Wildman–Crippen LogP) is 3.17. The monoisotopic (exact) mass is 335 g/mol. The van der Waals surface area contributed by atoms with E-state index in [2.05, 4.69) is 15.6 Å². The Labute approximate surface area is 142 Å². The van der Waals surface area contributed by atoms with Crippen LogP contribution in [-0.4, -0.2) is 24.0 Å². The van der Waals surface area contributed by atoms with Crippen LogP contribution in [0, 0.1) is 25.7 Å². The Kier molecular flexibility index (Phi) is 5.44. The van der Waals surface area contributed by atoms with Gasteiger partial charge in [-0.2, -0.15) is 0 Å². The normalized spacial score (nSPS) is 15.4. The van der Waals surface area contributed by atoms with Crippen LogP contribution in [0.2, 0.25) is 0 Å². The second-order valence-corrected chi connectivity index (χ2v) is 6.02. The minimum Gasteiger partial charge on any atom is -0.444 e. The highest BCUT2D eigenvalue weighted by atomic mass is 35.5. The highest BCUT2D eigenvalue weighted by Gasteiger charge is 2.28. The standard InChI is InChI=1S/C17H21N3O2.ClH/c1-10-4-5-13(17-19-11(2)9-22-17)6-15(10)20-16(21)12(3)14-7-18-8-14;/h4-6,9,12,14,18H,7-8H2,1-3H3,(H,20,21);1H. The van der Waals surface area contributed by atoms with Crippen molar-refractivity contribution in [2.75, 3.05) is 18.4 Å². The first kappa shape index (κ1) is 17.5. The van der Waals surface area contributed by atoms with Crippen molar-refractivity contribution in [2.24, 2.45) is 11.8 Å². The molecule has 2 aromatic rings. The van der Waals surface area contributed by atoms with Gasteiger partial charge in [-0.1, -0.05) is 13.0 Å². The number of amides is 1. The van der Waals surface area contributed by atoms with Crippen molar-refractivity contribution < 1.29 is 9.21 Å². The van der Waals surface area contributed by atoms with E-state index in [9.17, 15) is 4.79 Å². The number of halogens is 1. The predicted molar refractivity (Wildman–Crippen MR) is 92.8 cm³/mol. The highest BCUT2D eigenvalue weighted by molar-refractivity contribution is 5.94. The lowest BCUT2D eigenvalue weighted by Crippen LogP contribution is -2.48. The minimum atomic E-state index is 0. The maximum atomic E-state index is 12.4. The van der Waals surface area contributed by atoms with E-state index >= 15 is 0 Å². The maximum absolute atomic E-state index is 12.4. The minimum absolute atomic E-state index is 0. The molecule has 1 aromatic heterocycles. The SMILES string of the molecule is Cc1coc(-c2ccc(C)c(NC(=O)C(C)C3CNC3)c2)n1.Cl. The Balaban J connectivity index is 0.00000192. The first-order valence-electron chi connectivity index (χ1n) is 7.59. The van der Waals surface area contributed by atoms with Crippen LogP contribution in [0.1, 0.15) is 18.2 Å². The molecule has 124 valence electrons. The van der Waals surface area contributed by atoms with Crippen LogP contribution in [0.3, 0.4) is 0 Å². The van der Waals surface area contributed by atoms with Crippen molar-refractivity contribution in [3.8, 4) is 11.5 Å². The summed E-state index contributed by atoms with van der Waals surface area (Å²) in [6, 6.07) is 5.85. The van der Waals surface area contributed by atoms with Crippen LogP contribution in [0.4, 0.5) is 5.69 Å². The zero-order valence-corrected chi connectivity index (χ0v) is 14.4. The fourth-order valence-electron chi connectivity index (χ4n) is 2.50. The third kappa shape index (κ3) is 3.74. The molecule has 0 bridgehead atoms. The van der Waals surface area contributed by atoms with Gasteiger partial charge in [-0.25, -0.2) is 4.98 Å². The number of nitrogens with zero attached hydrogens (tertiary/aromatic N) is 1. The number of carbonyl (C=O) groups excluding carboxylic acids is 1. The lowest BCUT2D eigenvalue weighted by atomic mass is 9.88. The molecule has 2 N–H and O–H groups in total. The molecule has 1 aliphatic rings. The quantitative estimate of drug-likeness (QED) is 0.900. The van der Waals surface area contributed by atoms with Gasteiger partial charge in [-0.15, -0.1) is 12.4 Å². The third-order valence-electron chi connectivity index (χ3n) is 4.30. The van der Waals surface area contributed by atoms with Crippen molar-refractivity contribution in [2.45, 2.75) is 20.8 Å². The summed E-state index contributed by atoms with van der Waals surface area (Å²) in [5, 5.41) is 6.24. The molecule has 1 atom stereocenters. The number of aryl methyl sites for hydroxylation is 2. The van der Waals surface area contributed by atoms with Crippen LogP contribution in [0.5, 0.6) is 0 Å². The summed E-state index contributed by atoms with van der Waals surface area (Å²) in [5.41, 5.74) is 3.55. The number of rotatable bonds is 4. The topological polar surface area (TPSA) is 67.2 Å². The Morgan fingerprint density at radius 1 is 1.39 bits per heavy atom. The van der Waals surface area contributed by atoms with Crippen LogP contribution in [-0.2, 0) is 4.79 Å². The van der Waals surface area contributed by atoms with Gasteiger partial charge in [0.1, 0.15) is 6.26 Å². The summed E-state index contributed by atoms with van der Waals surface area (Å²) in [6.45, 7) is 7.69. The Bertz CT molecular complexity index is 695. The average molecular weight is 336 g/mol. The number of nitrogens with one attached hydrogen (secondary N) is 2. The molecule has 1 aromatic carbocycles. The van der Waals surface area contributed by atoms with Gasteiger partial charge in [0, 0.05) is 17.2 Å². The summed E-state index contributed by atoms with van der Waals surface area (Å²) in [6.07, 6.45) is 1.62. The average Bonchev–Trinajstić information content (AvgIpc) is 2.86. The van der Waals surface area contributed by atoms with Crippen molar-refractivity contribution >= 4 is 24.0 Å². The Morgan fingerprint density at radius 2 is 2.13 bits per heavy atom. The van der Waals surface area contributed by atoms with Gasteiger partial charge < -0.3 is 15.1 Å². The lowest BCUT2D eigenvalue weighted by Gasteiger charge is -2.31. The number of anilines is 1. The number of oxazole rings is 1. The fraction of sp³-hybridized carbons (Fsp3) is 0.412. The molecule has 5 nitrogen and oxygen atoms in total. The van der Waals surface area contributed by atoms with Gasteiger partial charge in [-0.3, -0.25) is 4.79 Å². The Hall–Kier alpha value is -1.85. The van der Waals surface area contributed by atoms with E-state index in [0.29, 0.717) is 11.8 Å². The van der Waals surface area contributed by atoms with E-state index in [4.69, 9.17) is 4.42 Å². The molecule has 6 heteroatoms. The highest BCUT2D eigenvalue weighted by Crippen LogP contribution is 2.26. The van der Waals surface area contributed by atoms with Crippen molar-refractivity contribution in [3.05, 3.63) is 35.7 Å². The molecule has 1 unspecified atom stereocenters. The third-order valence-corrected chi connectivity index (χ3v) is 4.30. The molecular weight excluding hydrogens is 314 g/mol. The molecule has 0 saturated carbocycles. The van der Waals surface area contributed by atoms with Gasteiger partial charge in [0.05, 0.1) is 5.69 Å². The van der Waals surface area contributed by atoms with Crippen molar-refractivity contribution in [1.29, 1.82) is 0 Å². The van der Waals surface area contributed by atoms with Gasteiger partial charge in [-0.05, 0) is 50.6 Å². The molecule has 23 heavy (non-hydrogen) atoms. The summed E-state index contributed by atoms with van der Waals surface area (Å²) in [4.78, 5) is 16.7. The summed E-state index contributed by atoms with van der Waals surface area (Å²) in [7, 11) is 0. The van der Waals surface area contributed by atoms with E-state index in [1.54, 1.807) is 6.26 Å². The Morgan fingerprint density at radius 3 is 2.70 bits per heavy atom. The van der Waals surface area contributed by atoms with Crippen molar-refractivity contribution in [1.82, 2.24) is 10.3 Å². The number of benzene rings is 1. The summed E-state index contributed by atoms with van der Waals surface area (Å²) in [5.74, 6) is 1.07. The van der Waals surface area contributed by atoms with Crippen LogP contribution < -0.4 is 10.6 Å². The first-order valence-corrected chi connectivity index (χ1v) is 7.59. The maximum Gasteiger partial charge on any atom is 0.227 e. The molecule has 2 heterocycles. The van der Waals surface area contributed by atoms with Crippen molar-refractivity contribution in [3.63, 3.8) is 0 Å².